The molecular weight excluding hydrogens is 188 g/mol. The van der Waals surface area contributed by atoms with Crippen molar-refractivity contribution in [3.63, 3.8) is 0 Å². The van der Waals surface area contributed by atoms with Crippen LogP contribution in [0, 0.1) is 6.42 Å². The number of unbranched alkanes of at least 4 members (excludes halogenated alkanes) is 6. The number of carbonyl (C=O) groups is 1. The van der Waals surface area contributed by atoms with Crippen molar-refractivity contribution in [3.05, 3.63) is 6.42 Å². The molecule has 0 amide bonds. The van der Waals surface area contributed by atoms with Gasteiger partial charge in [0.2, 0.25) is 0 Å². The molecule has 0 aromatic carbocycles. The first-order valence-corrected chi connectivity index (χ1v) is 6.31. The number of ether oxygens (including phenoxy) is 1. The van der Waals surface area contributed by atoms with E-state index in [1.165, 1.54) is 25.7 Å². The third kappa shape index (κ3) is 11.4. The van der Waals surface area contributed by atoms with Crippen LogP contribution in [0.25, 0.3) is 0 Å². The second-order valence-corrected chi connectivity index (χ2v) is 3.93. The molecule has 89 valence electrons. The Bertz CT molecular complexity index is 143. The van der Waals surface area contributed by atoms with Gasteiger partial charge in [-0.15, -0.1) is 0 Å². The molecule has 0 atom stereocenters. The molecule has 0 aliphatic carbocycles. The summed E-state index contributed by atoms with van der Waals surface area (Å²) in [6.07, 6.45) is 10.8. The summed E-state index contributed by atoms with van der Waals surface area (Å²) in [4.78, 5) is 11.1. The van der Waals surface area contributed by atoms with E-state index < -0.39 is 0 Å². The van der Waals surface area contributed by atoms with Crippen LogP contribution < -0.4 is 0 Å². The first-order valence-electron chi connectivity index (χ1n) is 6.31. The fourth-order valence-corrected chi connectivity index (χ4v) is 1.34. The van der Waals surface area contributed by atoms with Crippen molar-refractivity contribution in [2.45, 2.75) is 65.2 Å². The van der Waals surface area contributed by atoms with E-state index in [9.17, 15) is 4.79 Å². The van der Waals surface area contributed by atoms with Gasteiger partial charge in [-0.05, 0) is 12.8 Å². The van der Waals surface area contributed by atoms with E-state index in [1.807, 2.05) is 0 Å². The van der Waals surface area contributed by atoms with E-state index in [2.05, 4.69) is 13.8 Å². The highest BCUT2D eigenvalue weighted by Crippen LogP contribution is 2.06. The van der Waals surface area contributed by atoms with Crippen LogP contribution in [0.4, 0.5) is 0 Å². The fraction of sp³-hybridized carbons (Fsp3) is 0.846. The second-order valence-electron chi connectivity index (χ2n) is 3.93. The number of esters is 1. The molecule has 0 aromatic rings. The molecule has 0 saturated heterocycles. The third-order valence-corrected chi connectivity index (χ3v) is 2.36. The fourth-order valence-electron chi connectivity index (χ4n) is 1.34. The van der Waals surface area contributed by atoms with Crippen LogP contribution in [0.2, 0.25) is 0 Å². The zero-order chi connectivity index (χ0) is 11.4. The predicted molar refractivity (Wildman–Crippen MR) is 63.5 cm³/mol. The average molecular weight is 213 g/mol. The molecule has 0 N–H and O–H groups in total. The van der Waals surface area contributed by atoms with Crippen molar-refractivity contribution >= 4 is 5.97 Å². The smallest absolute Gasteiger partial charge is 0.309 e. The van der Waals surface area contributed by atoms with Crippen molar-refractivity contribution in [2.24, 2.45) is 0 Å². The van der Waals surface area contributed by atoms with Gasteiger partial charge in [0, 0.05) is 0 Å². The molecule has 0 rings (SSSR count). The van der Waals surface area contributed by atoms with Gasteiger partial charge >= 0.3 is 5.97 Å². The molecule has 1 radical (unpaired) electrons. The van der Waals surface area contributed by atoms with Crippen LogP contribution >= 0.6 is 0 Å². The topological polar surface area (TPSA) is 26.3 Å². The highest BCUT2D eigenvalue weighted by Gasteiger charge is 2.01. The molecule has 0 bridgehead atoms. The molecule has 2 heteroatoms. The van der Waals surface area contributed by atoms with Gasteiger partial charge in [-0.3, -0.25) is 4.79 Å². The molecule has 2 nitrogen and oxygen atoms in total. The normalized spacial score (nSPS) is 10.3. The van der Waals surface area contributed by atoms with E-state index in [-0.39, 0.29) is 5.97 Å². The summed E-state index contributed by atoms with van der Waals surface area (Å²) < 4.78 is 5.02. The Hall–Kier alpha value is -0.530. The number of carbonyl (C=O) groups excluding carboxylic acids is 1. The van der Waals surface area contributed by atoms with Gasteiger partial charge in [-0.2, -0.15) is 0 Å². The largest absolute Gasteiger partial charge is 0.465 e. The minimum atomic E-state index is -0.140. The Morgan fingerprint density at radius 3 is 2.33 bits per heavy atom. The van der Waals surface area contributed by atoms with Crippen LogP contribution in [-0.2, 0) is 9.53 Å². The van der Waals surface area contributed by atoms with Crippen molar-refractivity contribution in [2.75, 3.05) is 6.61 Å². The molecular formula is C13H25O2. The summed E-state index contributed by atoms with van der Waals surface area (Å²) in [5, 5.41) is 0. The average Bonchev–Trinajstić information content (AvgIpc) is 2.23. The van der Waals surface area contributed by atoms with E-state index in [4.69, 9.17) is 4.74 Å². The van der Waals surface area contributed by atoms with Gasteiger partial charge in [0.1, 0.15) is 0 Å². The SMILES string of the molecule is CCCCCCC[CH]C(=O)OCCCC. The highest BCUT2D eigenvalue weighted by atomic mass is 16.5. The highest BCUT2D eigenvalue weighted by molar-refractivity contribution is 5.78. The Labute approximate surface area is 94.4 Å². The van der Waals surface area contributed by atoms with Crippen LogP contribution in [0.3, 0.4) is 0 Å². The minimum Gasteiger partial charge on any atom is -0.465 e. The molecule has 0 spiro atoms. The molecule has 0 saturated carbocycles. The number of rotatable bonds is 10. The lowest BCUT2D eigenvalue weighted by molar-refractivity contribution is -0.139. The van der Waals surface area contributed by atoms with E-state index in [0.29, 0.717) is 6.61 Å². The second kappa shape index (κ2) is 11.5. The van der Waals surface area contributed by atoms with Crippen molar-refractivity contribution in [1.29, 1.82) is 0 Å². The third-order valence-electron chi connectivity index (χ3n) is 2.36. The summed E-state index contributed by atoms with van der Waals surface area (Å²) in [5.74, 6) is -0.140. The van der Waals surface area contributed by atoms with Gasteiger partial charge in [0.15, 0.2) is 0 Å². The van der Waals surface area contributed by atoms with Gasteiger partial charge in [0.25, 0.3) is 0 Å². The van der Waals surface area contributed by atoms with Crippen LogP contribution in [0.5, 0.6) is 0 Å². The Morgan fingerprint density at radius 2 is 1.67 bits per heavy atom. The summed E-state index contributed by atoms with van der Waals surface area (Å²) in [6.45, 7) is 4.87. The molecule has 0 heterocycles. The van der Waals surface area contributed by atoms with E-state index >= 15 is 0 Å². The van der Waals surface area contributed by atoms with Crippen LogP contribution in [0.15, 0.2) is 0 Å². The maximum Gasteiger partial charge on any atom is 0.309 e. The standard InChI is InChI=1S/C13H25O2/c1-3-5-7-8-9-10-11-13(14)15-12-6-4-2/h11H,3-10,12H2,1-2H3. The zero-order valence-corrected chi connectivity index (χ0v) is 10.3. The Morgan fingerprint density at radius 1 is 1.00 bits per heavy atom. The lowest BCUT2D eigenvalue weighted by Gasteiger charge is -2.03. The van der Waals surface area contributed by atoms with Crippen molar-refractivity contribution in [1.82, 2.24) is 0 Å². The van der Waals surface area contributed by atoms with Crippen molar-refractivity contribution in [3.8, 4) is 0 Å². The van der Waals surface area contributed by atoms with Crippen LogP contribution in [0.1, 0.15) is 65.2 Å². The molecule has 15 heavy (non-hydrogen) atoms. The lowest BCUT2D eigenvalue weighted by Crippen LogP contribution is -2.06. The quantitative estimate of drug-likeness (QED) is 0.406. The molecule has 0 unspecified atom stereocenters. The predicted octanol–water partition coefficient (Wildman–Crippen LogP) is 3.89. The number of hydrogen-bond acceptors (Lipinski definition) is 2. The monoisotopic (exact) mass is 213 g/mol. The summed E-state index contributed by atoms with van der Waals surface area (Å²) >= 11 is 0. The molecule has 0 aromatic heterocycles. The molecule has 0 aliphatic rings. The van der Waals surface area contributed by atoms with E-state index in [0.717, 1.165) is 25.7 Å². The Balaban J connectivity index is 3.10. The maximum atomic E-state index is 11.1. The van der Waals surface area contributed by atoms with Gasteiger partial charge < -0.3 is 4.74 Å². The van der Waals surface area contributed by atoms with Gasteiger partial charge in [-0.25, -0.2) is 0 Å². The summed E-state index contributed by atoms with van der Waals surface area (Å²) in [6, 6.07) is 0. The first kappa shape index (κ1) is 14.5. The molecule has 0 fully saturated rings. The Kier molecular flexibility index (Phi) is 11.1. The maximum absolute atomic E-state index is 11.1. The molecule has 0 aliphatic heterocycles. The first-order chi connectivity index (χ1) is 7.31. The summed E-state index contributed by atoms with van der Waals surface area (Å²) in [7, 11) is 0. The lowest BCUT2D eigenvalue weighted by atomic mass is 10.1. The van der Waals surface area contributed by atoms with Crippen molar-refractivity contribution < 1.29 is 9.53 Å². The number of hydrogen-bond donors (Lipinski definition) is 0. The van der Waals surface area contributed by atoms with Gasteiger partial charge in [-0.1, -0.05) is 52.4 Å². The summed E-state index contributed by atoms with van der Waals surface area (Å²) in [5.41, 5.74) is 0. The minimum absolute atomic E-state index is 0.140. The zero-order valence-electron chi connectivity index (χ0n) is 10.3. The van der Waals surface area contributed by atoms with Crippen LogP contribution in [-0.4, -0.2) is 12.6 Å². The van der Waals surface area contributed by atoms with E-state index in [1.54, 1.807) is 6.42 Å². The van der Waals surface area contributed by atoms with Gasteiger partial charge in [0.05, 0.1) is 13.0 Å².